The zero-order valence-electron chi connectivity index (χ0n) is 34.6. The third-order valence-corrected chi connectivity index (χ3v) is 17.0. The molecule has 2 aliphatic heterocycles. The molecule has 60 heavy (non-hydrogen) atoms. The Kier molecular flexibility index (Phi) is 11.4. The molecule has 5 aromatic carbocycles. The Morgan fingerprint density at radius 3 is 2.25 bits per heavy atom. The highest BCUT2D eigenvalue weighted by atomic mass is 28.3. The summed E-state index contributed by atoms with van der Waals surface area (Å²) >= 11 is 0. The summed E-state index contributed by atoms with van der Waals surface area (Å²) in [6.45, 7) is 7.59. The number of para-hydroxylation sites is 1. The Hall–Kier alpha value is -6.08. The van der Waals surface area contributed by atoms with Crippen LogP contribution < -0.4 is 24.5 Å². The van der Waals surface area contributed by atoms with Crippen molar-refractivity contribution in [1.82, 2.24) is 15.0 Å². The number of anilines is 3. The second-order valence-corrected chi connectivity index (χ2v) is 20.9. The van der Waals surface area contributed by atoms with Gasteiger partial charge in [0.15, 0.2) is 5.60 Å². The van der Waals surface area contributed by atoms with Crippen molar-refractivity contribution in [1.29, 1.82) is 0 Å². The van der Waals surface area contributed by atoms with Crippen LogP contribution in [0.3, 0.4) is 0 Å². The molecule has 6 aromatic rings. The van der Waals surface area contributed by atoms with E-state index in [0.29, 0.717) is 30.1 Å². The number of fused-ring (bicyclic) bond motifs is 2. The molecular formula is C48H51N5O6Si. The lowest BCUT2D eigenvalue weighted by molar-refractivity contribution is -0.146. The van der Waals surface area contributed by atoms with Gasteiger partial charge in [0.1, 0.15) is 11.5 Å². The maximum Gasteiger partial charge on any atom is 0.264 e. The van der Waals surface area contributed by atoms with Gasteiger partial charge in [-0.2, -0.15) is 0 Å². The predicted octanol–water partition coefficient (Wildman–Crippen LogP) is 7.57. The van der Waals surface area contributed by atoms with E-state index in [2.05, 4.69) is 42.5 Å². The van der Waals surface area contributed by atoms with Gasteiger partial charge in [-0.05, 0) is 77.7 Å². The van der Waals surface area contributed by atoms with Crippen molar-refractivity contribution in [2.24, 2.45) is 5.92 Å². The van der Waals surface area contributed by atoms with Crippen LogP contribution in [0.15, 0.2) is 134 Å². The van der Waals surface area contributed by atoms with E-state index in [1.54, 1.807) is 19.1 Å². The summed E-state index contributed by atoms with van der Waals surface area (Å²) in [6, 6.07) is 41.2. The topological polar surface area (TPSA) is 119 Å². The number of hydrogen-bond donors (Lipinski definition) is 1. The molecule has 1 fully saturated rings. The zero-order chi connectivity index (χ0) is 42.0. The van der Waals surface area contributed by atoms with Gasteiger partial charge in [-0.25, -0.2) is 0 Å². The van der Waals surface area contributed by atoms with Crippen molar-refractivity contribution in [3.8, 4) is 11.5 Å². The first-order valence-corrected chi connectivity index (χ1v) is 23.5. The van der Waals surface area contributed by atoms with Crippen molar-refractivity contribution in [2.45, 2.75) is 62.7 Å². The quantitative estimate of drug-likeness (QED) is 0.0833. The maximum atomic E-state index is 15.5. The smallest absolute Gasteiger partial charge is 0.264 e. The van der Waals surface area contributed by atoms with E-state index in [1.165, 1.54) is 5.19 Å². The number of aryl methyl sites for hydroxylation is 1. The summed E-state index contributed by atoms with van der Waals surface area (Å²) in [5, 5.41) is 20.6. The van der Waals surface area contributed by atoms with E-state index in [4.69, 9.17) is 14.2 Å². The van der Waals surface area contributed by atoms with Crippen LogP contribution in [-0.4, -0.2) is 67.4 Å². The van der Waals surface area contributed by atoms with Gasteiger partial charge in [0.25, 0.3) is 5.91 Å². The summed E-state index contributed by atoms with van der Waals surface area (Å²) in [7, 11) is 0.877. The van der Waals surface area contributed by atoms with Crippen LogP contribution in [0, 0.1) is 5.92 Å². The highest BCUT2D eigenvalue weighted by molar-refractivity contribution is 6.91. The number of aromatic nitrogens is 3. The van der Waals surface area contributed by atoms with E-state index in [1.807, 2.05) is 131 Å². The van der Waals surface area contributed by atoms with Crippen molar-refractivity contribution >= 4 is 42.6 Å². The Morgan fingerprint density at radius 2 is 1.57 bits per heavy atom. The molecule has 11 nitrogen and oxygen atoms in total. The van der Waals surface area contributed by atoms with Gasteiger partial charge in [0.05, 0.1) is 58.8 Å². The maximum absolute atomic E-state index is 15.5. The number of amides is 2. The Bertz CT molecular complexity index is 2450. The van der Waals surface area contributed by atoms with Crippen molar-refractivity contribution in [3.63, 3.8) is 0 Å². The van der Waals surface area contributed by atoms with Gasteiger partial charge in [0.2, 0.25) is 6.41 Å². The fourth-order valence-electron chi connectivity index (χ4n) is 9.59. The van der Waals surface area contributed by atoms with E-state index in [-0.39, 0.29) is 42.5 Å². The number of ether oxygens (including phenoxy) is 3. The fraction of sp³-hybridized carbons (Fsp3) is 0.292. The molecular weight excluding hydrogens is 771 g/mol. The van der Waals surface area contributed by atoms with Gasteiger partial charge in [-0.15, -0.1) is 5.10 Å². The van der Waals surface area contributed by atoms with Crippen LogP contribution in [0.5, 0.6) is 11.5 Å². The molecule has 1 aromatic heterocycles. The highest BCUT2D eigenvalue weighted by Gasteiger charge is 2.66. The Morgan fingerprint density at radius 1 is 0.883 bits per heavy atom. The number of carbonyl (C=O) groups is 2. The number of benzene rings is 5. The van der Waals surface area contributed by atoms with Crippen molar-refractivity contribution in [2.75, 3.05) is 30.6 Å². The lowest BCUT2D eigenvalue weighted by atomic mass is 9.82. The molecule has 0 aliphatic carbocycles. The van der Waals surface area contributed by atoms with E-state index >= 15 is 4.79 Å². The molecule has 2 aliphatic rings. The molecule has 3 heterocycles. The van der Waals surface area contributed by atoms with E-state index in [9.17, 15) is 9.90 Å². The number of carbonyl (C=O) groups excluding carboxylic acids is 2. The second kappa shape index (κ2) is 16.9. The Balaban J connectivity index is 1.16. The summed E-state index contributed by atoms with van der Waals surface area (Å²) in [5.74, 6) is 0.783. The average Bonchev–Trinajstić information content (AvgIpc) is 3.94. The standard InChI is InChI=1S/C48H51N5O6Si/c1-33-46(60(4,5)40-22-19-38(57-2)20-23-40)45(25-26-51-30-43(49-50-51)41(31-54)35-14-8-6-9-15-35)59-48(33)42-28-39(58-3)21-24-44(42)52(47(48)56)29-34-13-12-18-37(27-34)53(32-55)36-16-10-7-11-17-36/h6-24,27-28,30,32-33,41,45-46,54H,25-26,29,31H2,1-5H3/t33-,41?,45+,46-,48+/m0/s1. The molecule has 1 unspecified atom stereocenters. The van der Waals surface area contributed by atoms with Gasteiger partial charge < -0.3 is 24.2 Å². The van der Waals surface area contributed by atoms with Gasteiger partial charge >= 0.3 is 0 Å². The zero-order valence-corrected chi connectivity index (χ0v) is 35.6. The Labute approximate surface area is 352 Å². The van der Waals surface area contributed by atoms with Crippen LogP contribution >= 0.6 is 0 Å². The predicted molar refractivity (Wildman–Crippen MR) is 235 cm³/mol. The molecule has 5 atom stereocenters. The minimum atomic E-state index is -2.43. The SMILES string of the molecule is COc1ccc([Si](C)(C)[C@@H]2[C@@H](CCn3cc(C(CO)c4ccccc4)nn3)O[C@]3(C(=O)N(Cc4cccc(N(C=O)c5ccccc5)c4)c4ccc(OC)cc43)[C@H]2C)cc1. The molecule has 308 valence electrons. The largest absolute Gasteiger partial charge is 0.497 e. The van der Waals surface area contributed by atoms with Gasteiger partial charge in [-0.3, -0.25) is 19.2 Å². The third kappa shape index (κ3) is 7.29. The molecule has 1 spiro atoms. The molecule has 12 heteroatoms. The first-order chi connectivity index (χ1) is 29.1. The minimum Gasteiger partial charge on any atom is -0.497 e. The molecule has 2 amide bonds. The molecule has 1 saturated heterocycles. The molecule has 0 saturated carbocycles. The van der Waals surface area contributed by atoms with Gasteiger partial charge in [0, 0.05) is 35.6 Å². The van der Waals surface area contributed by atoms with E-state index < -0.39 is 13.7 Å². The van der Waals surface area contributed by atoms with Crippen LogP contribution in [0.1, 0.15) is 41.6 Å². The third-order valence-electron chi connectivity index (χ3n) is 12.7. The average molecular weight is 822 g/mol. The highest BCUT2D eigenvalue weighted by Crippen LogP contribution is 2.60. The minimum absolute atomic E-state index is 0.00157. The van der Waals surface area contributed by atoms with Crippen molar-refractivity contribution in [3.05, 3.63) is 156 Å². The van der Waals surface area contributed by atoms with Crippen LogP contribution in [0.2, 0.25) is 18.6 Å². The number of methoxy groups -OCH3 is 2. The molecule has 0 radical (unpaired) electrons. The van der Waals surface area contributed by atoms with Gasteiger partial charge in [-0.1, -0.05) is 103 Å². The first-order valence-electron chi connectivity index (χ1n) is 20.4. The normalized spacial score (nSPS) is 20.3. The number of aliphatic hydroxyl groups excluding tert-OH is 1. The summed E-state index contributed by atoms with van der Waals surface area (Å²) in [5.41, 5.74) is 4.25. The molecule has 0 bridgehead atoms. The van der Waals surface area contributed by atoms with Crippen LogP contribution in [0.25, 0.3) is 0 Å². The summed E-state index contributed by atoms with van der Waals surface area (Å²) < 4.78 is 20.5. The molecule has 1 N–H and O–H groups in total. The van der Waals surface area contributed by atoms with Crippen LogP contribution in [0.4, 0.5) is 17.1 Å². The number of aliphatic hydroxyl groups is 1. The second-order valence-electron chi connectivity index (χ2n) is 16.3. The van der Waals surface area contributed by atoms with Crippen molar-refractivity contribution < 1.29 is 28.9 Å². The molecule has 8 rings (SSSR count). The van der Waals surface area contributed by atoms with Crippen LogP contribution in [-0.2, 0) is 33.0 Å². The van der Waals surface area contributed by atoms with E-state index in [0.717, 1.165) is 40.2 Å². The number of rotatable bonds is 15. The first kappa shape index (κ1) is 40.7. The monoisotopic (exact) mass is 821 g/mol. The lowest BCUT2D eigenvalue weighted by Gasteiger charge is -2.37. The summed E-state index contributed by atoms with van der Waals surface area (Å²) in [6.07, 6.45) is 2.97. The fourth-order valence-corrected chi connectivity index (χ4v) is 13.6. The lowest BCUT2D eigenvalue weighted by Crippen LogP contribution is -2.51. The number of nitrogens with zero attached hydrogens (tertiary/aromatic N) is 5. The number of hydrogen-bond acceptors (Lipinski definition) is 8. The summed E-state index contributed by atoms with van der Waals surface area (Å²) in [4.78, 5) is 31.3.